The molecule has 8 heteroatoms. The Morgan fingerprint density at radius 2 is 1.73 bits per heavy atom. The van der Waals surface area contributed by atoms with Crippen LogP contribution in [0.1, 0.15) is 5.56 Å². The first-order valence-corrected chi connectivity index (χ1v) is 6.76. The number of amides is 1. The van der Waals surface area contributed by atoms with Crippen molar-refractivity contribution in [2.24, 2.45) is 0 Å². The normalized spacial score (nSPS) is 16.6. The molecule has 0 heterocycles. The Morgan fingerprint density at radius 3 is 2.32 bits per heavy atom. The highest BCUT2D eigenvalue weighted by Gasteiger charge is 2.33. The molecule has 22 heavy (non-hydrogen) atoms. The van der Waals surface area contributed by atoms with Gasteiger partial charge in [-0.3, -0.25) is 4.79 Å². The van der Waals surface area contributed by atoms with Crippen LogP contribution in [0.4, 0.5) is 0 Å². The van der Waals surface area contributed by atoms with E-state index in [0.717, 1.165) is 0 Å². The number of rotatable bonds is 8. The van der Waals surface area contributed by atoms with E-state index >= 15 is 0 Å². The fourth-order valence-electron chi connectivity index (χ4n) is 1.82. The first kappa shape index (κ1) is 18.3. The Morgan fingerprint density at radius 1 is 1.09 bits per heavy atom. The van der Waals surface area contributed by atoms with Crippen molar-refractivity contribution < 1.29 is 35.4 Å². The first-order valence-electron chi connectivity index (χ1n) is 6.76. The summed E-state index contributed by atoms with van der Waals surface area (Å²) < 4.78 is 0. The van der Waals surface area contributed by atoms with Gasteiger partial charge in [-0.2, -0.15) is 0 Å². The van der Waals surface area contributed by atoms with E-state index in [1.807, 2.05) is 0 Å². The van der Waals surface area contributed by atoms with Crippen molar-refractivity contribution in [1.82, 2.24) is 5.32 Å². The van der Waals surface area contributed by atoms with Crippen LogP contribution in [0.3, 0.4) is 0 Å². The van der Waals surface area contributed by atoms with Crippen LogP contribution in [-0.4, -0.2) is 74.1 Å². The Kier molecular flexibility index (Phi) is 7.22. The van der Waals surface area contributed by atoms with E-state index in [9.17, 15) is 25.2 Å². The van der Waals surface area contributed by atoms with Crippen LogP contribution in [0.25, 0.3) is 0 Å². The lowest BCUT2D eigenvalue weighted by atomic mass is 10.0. The molecule has 1 aromatic carbocycles. The van der Waals surface area contributed by atoms with Crippen molar-refractivity contribution in [3.8, 4) is 5.75 Å². The number of carbonyl (C=O) groups excluding carboxylic acids is 1. The molecule has 8 nitrogen and oxygen atoms in total. The second kappa shape index (κ2) is 8.66. The molecule has 0 saturated heterocycles. The van der Waals surface area contributed by atoms with E-state index < -0.39 is 36.9 Å². The van der Waals surface area contributed by atoms with E-state index in [0.29, 0.717) is 12.0 Å². The summed E-state index contributed by atoms with van der Waals surface area (Å²) in [6, 6.07) is 6.56. The van der Waals surface area contributed by atoms with Crippen LogP contribution in [0.5, 0.6) is 5.75 Å². The number of phenolic OH excluding ortho intramolecular Hbond substituents is 1. The molecule has 0 aliphatic carbocycles. The van der Waals surface area contributed by atoms with Crippen LogP contribution >= 0.6 is 0 Å². The number of nitrogens with one attached hydrogen (secondary N) is 1. The number of hydrogen-bond donors (Lipinski definition) is 7. The second-order valence-corrected chi connectivity index (χ2v) is 4.85. The molecular formula is C14H21NO7. The number of phenols is 1. The number of para-hydroxylation sites is 1. The van der Waals surface area contributed by atoms with E-state index in [4.69, 9.17) is 10.2 Å². The van der Waals surface area contributed by atoms with Gasteiger partial charge in [-0.1, -0.05) is 18.2 Å². The molecule has 0 aliphatic heterocycles. The fourth-order valence-corrected chi connectivity index (χ4v) is 1.82. The average Bonchev–Trinajstić information content (AvgIpc) is 2.53. The SMILES string of the molecule is O=C(NCCc1ccccc1O)[C@H](O)[C@@H](O)[C@@H](O)[C@H](O)CO. The summed E-state index contributed by atoms with van der Waals surface area (Å²) >= 11 is 0. The van der Waals surface area contributed by atoms with Crippen molar-refractivity contribution in [2.45, 2.75) is 30.8 Å². The van der Waals surface area contributed by atoms with E-state index in [1.165, 1.54) is 6.07 Å². The zero-order valence-corrected chi connectivity index (χ0v) is 11.8. The lowest BCUT2D eigenvalue weighted by Crippen LogP contribution is -2.51. The predicted octanol–water partition coefficient (Wildman–Crippen LogP) is -2.51. The lowest BCUT2D eigenvalue weighted by molar-refractivity contribution is -0.148. The van der Waals surface area contributed by atoms with Crippen LogP contribution in [0.2, 0.25) is 0 Å². The summed E-state index contributed by atoms with van der Waals surface area (Å²) in [6.45, 7) is -0.724. The molecule has 1 aromatic rings. The van der Waals surface area contributed by atoms with Gasteiger partial charge in [0.2, 0.25) is 0 Å². The van der Waals surface area contributed by atoms with Crippen LogP contribution in [0.15, 0.2) is 24.3 Å². The molecular weight excluding hydrogens is 294 g/mol. The Balaban J connectivity index is 2.46. The summed E-state index contributed by atoms with van der Waals surface area (Å²) in [5.74, 6) is -0.856. The number of aliphatic hydroxyl groups excluding tert-OH is 5. The lowest BCUT2D eigenvalue weighted by Gasteiger charge is -2.24. The minimum atomic E-state index is -1.96. The van der Waals surface area contributed by atoms with Crippen molar-refractivity contribution in [2.75, 3.05) is 13.2 Å². The molecule has 1 rings (SSSR count). The maximum atomic E-state index is 11.6. The van der Waals surface area contributed by atoms with Crippen molar-refractivity contribution in [3.63, 3.8) is 0 Å². The average molecular weight is 315 g/mol. The minimum absolute atomic E-state index is 0.0822. The number of benzene rings is 1. The molecule has 0 aliphatic rings. The van der Waals surface area contributed by atoms with Crippen molar-refractivity contribution >= 4 is 5.91 Å². The number of carbonyl (C=O) groups is 1. The van der Waals surface area contributed by atoms with Gasteiger partial charge in [-0.05, 0) is 18.1 Å². The van der Waals surface area contributed by atoms with Crippen LogP contribution < -0.4 is 5.32 Å². The van der Waals surface area contributed by atoms with Gasteiger partial charge in [0, 0.05) is 6.54 Å². The van der Waals surface area contributed by atoms with Crippen molar-refractivity contribution in [1.29, 1.82) is 0 Å². The molecule has 7 N–H and O–H groups in total. The number of aliphatic hydroxyl groups is 5. The minimum Gasteiger partial charge on any atom is -0.508 e. The predicted molar refractivity (Wildman–Crippen MR) is 75.9 cm³/mol. The van der Waals surface area contributed by atoms with Gasteiger partial charge in [0.25, 0.3) is 5.91 Å². The fraction of sp³-hybridized carbons (Fsp3) is 0.500. The van der Waals surface area contributed by atoms with Gasteiger partial charge in [0.15, 0.2) is 6.10 Å². The first-order chi connectivity index (χ1) is 10.4. The quantitative estimate of drug-likeness (QED) is 0.280. The third-order valence-corrected chi connectivity index (χ3v) is 3.21. The van der Waals surface area contributed by atoms with Gasteiger partial charge >= 0.3 is 0 Å². The maximum Gasteiger partial charge on any atom is 0.251 e. The highest BCUT2D eigenvalue weighted by Crippen LogP contribution is 2.15. The molecule has 4 atom stereocenters. The van der Waals surface area contributed by atoms with E-state index in [-0.39, 0.29) is 12.3 Å². The third-order valence-electron chi connectivity index (χ3n) is 3.21. The molecule has 1 amide bonds. The van der Waals surface area contributed by atoms with Gasteiger partial charge in [0.05, 0.1) is 6.61 Å². The maximum absolute atomic E-state index is 11.6. The molecule has 0 fully saturated rings. The monoisotopic (exact) mass is 315 g/mol. The topological polar surface area (TPSA) is 150 Å². The van der Waals surface area contributed by atoms with Crippen LogP contribution in [-0.2, 0) is 11.2 Å². The summed E-state index contributed by atoms with van der Waals surface area (Å²) in [5.41, 5.74) is 0.605. The van der Waals surface area contributed by atoms with E-state index in [1.54, 1.807) is 18.2 Å². The van der Waals surface area contributed by atoms with Gasteiger partial charge in [0.1, 0.15) is 24.1 Å². The number of aromatic hydroxyl groups is 1. The smallest absolute Gasteiger partial charge is 0.251 e. The molecule has 0 saturated carbocycles. The highest BCUT2D eigenvalue weighted by atomic mass is 16.4. The summed E-state index contributed by atoms with van der Waals surface area (Å²) in [7, 11) is 0. The van der Waals surface area contributed by atoms with Crippen molar-refractivity contribution in [3.05, 3.63) is 29.8 Å². The second-order valence-electron chi connectivity index (χ2n) is 4.85. The molecule has 0 radical (unpaired) electrons. The summed E-state index contributed by atoms with van der Waals surface area (Å²) in [4.78, 5) is 11.6. The molecule has 0 aromatic heterocycles. The number of hydrogen-bond acceptors (Lipinski definition) is 7. The molecule has 0 unspecified atom stereocenters. The van der Waals surface area contributed by atoms with E-state index in [2.05, 4.69) is 5.32 Å². The van der Waals surface area contributed by atoms with Gasteiger partial charge in [-0.25, -0.2) is 0 Å². The van der Waals surface area contributed by atoms with Gasteiger partial charge in [-0.15, -0.1) is 0 Å². The largest absolute Gasteiger partial charge is 0.508 e. The highest BCUT2D eigenvalue weighted by molar-refractivity contribution is 5.81. The third kappa shape index (κ3) is 4.93. The Labute approximate surface area is 127 Å². The summed E-state index contributed by atoms with van der Waals surface area (Å²) in [6.07, 6.45) is -7.11. The zero-order chi connectivity index (χ0) is 16.7. The molecule has 124 valence electrons. The summed E-state index contributed by atoms with van der Waals surface area (Å²) in [5, 5.41) is 58.2. The van der Waals surface area contributed by atoms with Gasteiger partial charge < -0.3 is 36.0 Å². The Hall–Kier alpha value is -1.71. The Bertz CT molecular complexity index is 482. The standard InChI is InChI=1S/C14H21NO7/c16-7-10(18)11(19)12(20)13(21)14(22)15-6-5-8-3-1-2-4-9(8)17/h1-4,10-13,16-21H,5-7H2,(H,15,22)/t10-,11+,12+,13-/m1/s1. The zero-order valence-electron chi connectivity index (χ0n) is 11.8. The molecule has 0 spiro atoms. The molecule has 0 bridgehead atoms. The van der Waals surface area contributed by atoms with Crippen LogP contribution in [0, 0.1) is 0 Å².